The highest BCUT2D eigenvalue weighted by molar-refractivity contribution is 5.35. The van der Waals surface area contributed by atoms with Crippen molar-refractivity contribution in [1.82, 2.24) is 9.47 Å². The van der Waals surface area contributed by atoms with Crippen LogP contribution >= 0.6 is 0 Å². The van der Waals surface area contributed by atoms with Crippen LogP contribution in [0.4, 0.5) is 5.69 Å². The molecular weight excluding hydrogens is 246 g/mol. The van der Waals surface area contributed by atoms with Crippen molar-refractivity contribution < 1.29 is 4.92 Å². The molecule has 2 heterocycles. The zero-order chi connectivity index (χ0) is 13.8. The fraction of sp³-hybridized carbons (Fsp3) is 0.615. The summed E-state index contributed by atoms with van der Waals surface area (Å²) in [5.41, 5.74) is 0.266. The lowest BCUT2D eigenvalue weighted by molar-refractivity contribution is -0.385. The van der Waals surface area contributed by atoms with E-state index in [0.717, 1.165) is 19.6 Å². The number of pyridine rings is 1. The van der Waals surface area contributed by atoms with Crippen LogP contribution in [-0.2, 0) is 6.54 Å². The number of rotatable bonds is 4. The van der Waals surface area contributed by atoms with E-state index < -0.39 is 4.92 Å². The van der Waals surface area contributed by atoms with E-state index in [9.17, 15) is 14.9 Å². The molecule has 1 aliphatic heterocycles. The molecule has 0 bridgehead atoms. The second-order valence-electron chi connectivity index (χ2n) is 5.03. The van der Waals surface area contributed by atoms with E-state index in [1.165, 1.54) is 36.1 Å². The molecule has 6 heteroatoms. The second-order valence-corrected chi connectivity index (χ2v) is 5.03. The average Bonchev–Trinajstić information content (AvgIpc) is 2.38. The summed E-state index contributed by atoms with van der Waals surface area (Å²) < 4.78 is 1.44. The SMILES string of the molecule is Cc1cc(=O)n(CCN2CCCCC2)cc1[N+](=O)[O-]. The monoisotopic (exact) mass is 265 g/mol. The molecular formula is C13H19N3O3. The number of nitrogens with zero attached hydrogens (tertiary/aromatic N) is 3. The molecule has 1 saturated heterocycles. The molecule has 2 rings (SSSR count). The van der Waals surface area contributed by atoms with Crippen molar-refractivity contribution in [2.45, 2.75) is 32.7 Å². The summed E-state index contributed by atoms with van der Waals surface area (Å²) in [5.74, 6) is 0. The van der Waals surface area contributed by atoms with Crippen LogP contribution in [0, 0.1) is 17.0 Å². The Morgan fingerprint density at radius 2 is 1.95 bits per heavy atom. The summed E-state index contributed by atoms with van der Waals surface area (Å²) in [5, 5.41) is 10.9. The normalized spacial score (nSPS) is 16.5. The highest BCUT2D eigenvalue weighted by Gasteiger charge is 2.14. The smallest absolute Gasteiger partial charge is 0.288 e. The van der Waals surface area contributed by atoms with Crippen LogP contribution in [-0.4, -0.2) is 34.0 Å². The Morgan fingerprint density at radius 1 is 1.26 bits per heavy atom. The lowest BCUT2D eigenvalue weighted by Gasteiger charge is -2.26. The Hall–Kier alpha value is -1.69. The highest BCUT2D eigenvalue weighted by atomic mass is 16.6. The van der Waals surface area contributed by atoms with E-state index in [0.29, 0.717) is 12.1 Å². The van der Waals surface area contributed by atoms with E-state index in [1.807, 2.05) is 0 Å². The molecule has 1 fully saturated rings. The molecule has 6 nitrogen and oxygen atoms in total. The standard InChI is InChI=1S/C13H19N3O3/c1-11-9-13(17)15(10-12(11)16(18)19)8-7-14-5-3-2-4-6-14/h9-10H,2-8H2,1H3. The number of piperidine rings is 1. The van der Waals surface area contributed by atoms with Gasteiger partial charge in [-0.2, -0.15) is 0 Å². The van der Waals surface area contributed by atoms with E-state index in [-0.39, 0.29) is 11.2 Å². The molecule has 0 aliphatic carbocycles. The predicted molar refractivity (Wildman–Crippen MR) is 72.4 cm³/mol. The fourth-order valence-corrected chi connectivity index (χ4v) is 2.45. The van der Waals surface area contributed by atoms with Crippen LogP contribution in [0.1, 0.15) is 24.8 Å². The Bertz CT molecular complexity index is 518. The van der Waals surface area contributed by atoms with E-state index in [2.05, 4.69) is 4.90 Å². The Morgan fingerprint density at radius 3 is 2.58 bits per heavy atom. The van der Waals surface area contributed by atoms with Crippen LogP contribution < -0.4 is 5.56 Å². The first-order valence-electron chi connectivity index (χ1n) is 6.66. The number of aromatic nitrogens is 1. The first-order chi connectivity index (χ1) is 9.08. The number of nitro groups is 1. The zero-order valence-electron chi connectivity index (χ0n) is 11.2. The maximum absolute atomic E-state index is 11.8. The summed E-state index contributed by atoms with van der Waals surface area (Å²) in [7, 11) is 0. The van der Waals surface area contributed by atoms with Crippen molar-refractivity contribution >= 4 is 5.69 Å². The van der Waals surface area contributed by atoms with E-state index in [1.54, 1.807) is 6.92 Å². The Balaban J connectivity index is 2.09. The molecule has 1 aromatic heterocycles. The third-order valence-electron chi connectivity index (χ3n) is 3.61. The van der Waals surface area contributed by atoms with Crippen LogP contribution in [0.25, 0.3) is 0 Å². The average molecular weight is 265 g/mol. The fourth-order valence-electron chi connectivity index (χ4n) is 2.45. The third kappa shape index (κ3) is 3.41. The largest absolute Gasteiger partial charge is 0.308 e. The van der Waals surface area contributed by atoms with Gasteiger partial charge in [0.1, 0.15) is 0 Å². The molecule has 0 radical (unpaired) electrons. The molecule has 0 N–H and O–H groups in total. The van der Waals surface area contributed by atoms with Crippen LogP contribution in [0.15, 0.2) is 17.1 Å². The van der Waals surface area contributed by atoms with Crippen LogP contribution in [0.3, 0.4) is 0 Å². The van der Waals surface area contributed by atoms with Gasteiger partial charge in [-0.25, -0.2) is 0 Å². The van der Waals surface area contributed by atoms with Gasteiger partial charge >= 0.3 is 0 Å². The van der Waals surface area contributed by atoms with Gasteiger partial charge in [-0.05, 0) is 32.9 Å². The summed E-state index contributed by atoms with van der Waals surface area (Å²) in [6.07, 6.45) is 5.03. The summed E-state index contributed by atoms with van der Waals surface area (Å²) in [6.45, 7) is 5.00. The zero-order valence-corrected chi connectivity index (χ0v) is 11.2. The number of likely N-dealkylation sites (tertiary alicyclic amines) is 1. The van der Waals surface area contributed by atoms with Crippen molar-refractivity contribution in [2.75, 3.05) is 19.6 Å². The summed E-state index contributed by atoms with van der Waals surface area (Å²) in [6, 6.07) is 1.34. The van der Waals surface area contributed by atoms with Gasteiger partial charge in [0.15, 0.2) is 0 Å². The number of aryl methyl sites for hydroxylation is 1. The van der Waals surface area contributed by atoms with E-state index in [4.69, 9.17) is 0 Å². The van der Waals surface area contributed by atoms with Gasteiger partial charge in [-0.15, -0.1) is 0 Å². The van der Waals surface area contributed by atoms with Gasteiger partial charge in [-0.3, -0.25) is 14.9 Å². The third-order valence-corrected chi connectivity index (χ3v) is 3.61. The topological polar surface area (TPSA) is 68.4 Å². The Kier molecular flexibility index (Phi) is 4.31. The number of hydrogen-bond donors (Lipinski definition) is 0. The Labute approximate surface area is 111 Å². The van der Waals surface area contributed by atoms with Gasteiger partial charge in [0.05, 0.1) is 11.1 Å². The molecule has 19 heavy (non-hydrogen) atoms. The molecule has 0 amide bonds. The molecule has 104 valence electrons. The first-order valence-corrected chi connectivity index (χ1v) is 6.66. The van der Waals surface area contributed by atoms with Crippen molar-refractivity contribution in [3.05, 3.63) is 38.3 Å². The van der Waals surface area contributed by atoms with E-state index >= 15 is 0 Å². The second kappa shape index (κ2) is 5.97. The maximum atomic E-state index is 11.8. The quantitative estimate of drug-likeness (QED) is 0.612. The minimum Gasteiger partial charge on any atom is -0.308 e. The molecule has 0 saturated carbocycles. The van der Waals surface area contributed by atoms with Crippen molar-refractivity contribution in [1.29, 1.82) is 0 Å². The van der Waals surface area contributed by atoms with Crippen molar-refractivity contribution in [2.24, 2.45) is 0 Å². The minimum absolute atomic E-state index is 0.0123. The van der Waals surface area contributed by atoms with Gasteiger partial charge in [0.2, 0.25) is 0 Å². The van der Waals surface area contributed by atoms with Crippen LogP contribution in [0.5, 0.6) is 0 Å². The van der Waals surface area contributed by atoms with Gasteiger partial charge in [-0.1, -0.05) is 6.42 Å². The molecule has 1 aromatic rings. The summed E-state index contributed by atoms with van der Waals surface area (Å²) in [4.78, 5) is 24.5. The molecule has 0 aromatic carbocycles. The van der Waals surface area contributed by atoms with Crippen molar-refractivity contribution in [3.63, 3.8) is 0 Å². The molecule has 0 atom stereocenters. The molecule has 0 spiro atoms. The lowest BCUT2D eigenvalue weighted by atomic mass is 10.1. The predicted octanol–water partition coefficient (Wildman–Crippen LogP) is 1.55. The van der Waals surface area contributed by atoms with Gasteiger partial charge in [0, 0.05) is 24.7 Å². The summed E-state index contributed by atoms with van der Waals surface area (Å²) >= 11 is 0. The van der Waals surface area contributed by atoms with Gasteiger partial charge < -0.3 is 9.47 Å². The molecule has 0 unspecified atom stereocenters. The van der Waals surface area contributed by atoms with Gasteiger partial charge in [0.25, 0.3) is 11.2 Å². The maximum Gasteiger partial charge on any atom is 0.288 e. The lowest BCUT2D eigenvalue weighted by Crippen LogP contribution is -2.34. The van der Waals surface area contributed by atoms with Crippen LogP contribution in [0.2, 0.25) is 0 Å². The number of hydrogen-bond acceptors (Lipinski definition) is 4. The van der Waals surface area contributed by atoms with Crippen molar-refractivity contribution in [3.8, 4) is 0 Å². The highest BCUT2D eigenvalue weighted by Crippen LogP contribution is 2.14. The molecule has 1 aliphatic rings. The minimum atomic E-state index is -0.438. The first kappa shape index (κ1) is 13.7.